The summed E-state index contributed by atoms with van der Waals surface area (Å²) in [5.41, 5.74) is 3.40. The van der Waals surface area contributed by atoms with Gasteiger partial charge in [0.1, 0.15) is 0 Å². The maximum Gasteiger partial charge on any atom is 0.323 e. The molecule has 116 valence electrons. The summed E-state index contributed by atoms with van der Waals surface area (Å²) < 4.78 is 9.66. The van der Waals surface area contributed by atoms with Crippen molar-refractivity contribution in [3.05, 3.63) is 41.7 Å². The van der Waals surface area contributed by atoms with Crippen molar-refractivity contribution in [2.45, 2.75) is 33.6 Å². The number of ether oxygens (including phenoxy) is 2. The molecule has 0 aliphatic heterocycles. The lowest BCUT2D eigenvalue weighted by atomic mass is 9.78. The van der Waals surface area contributed by atoms with Gasteiger partial charge in [-0.1, -0.05) is 24.3 Å². The zero-order valence-corrected chi connectivity index (χ0v) is 13.5. The summed E-state index contributed by atoms with van der Waals surface area (Å²) in [7, 11) is 2.52. The molecule has 0 spiro atoms. The van der Waals surface area contributed by atoms with Gasteiger partial charge in [-0.15, -0.1) is 5.73 Å². The van der Waals surface area contributed by atoms with Crippen LogP contribution in [0.5, 0.6) is 0 Å². The van der Waals surface area contributed by atoms with Gasteiger partial charge in [0, 0.05) is 0 Å². The van der Waals surface area contributed by atoms with Crippen molar-refractivity contribution in [2.24, 2.45) is 5.41 Å². The van der Waals surface area contributed by atoms with Crippen LogP contribution >= 0.6 is 0 Å². The topological polar surface area (TPSA) is 52.6 Å². The Morgan fingerprint density at radius 2 is 1.67 bits per heavy atom. The normalized spacial score (nSPS) is 11.2. The fourth-order valence-electron chi connectivity index (χ4n) is 2.02. The summed E-state index contributed by atoms with van der Waals surface area (Å²) in [5.74, 6) is -1.23. The van der Waals surface area contributed by atoms with Gasteiger partial charge in [-0.3, -0.25) is 9.59 Å². The van der Waals surface area contributed by atoms with Crippen molar-refractivity contribution in [1.82, 2.24) is 0 Å². The molecule has 0 aromatic heterocycles. The van der Waals surface area contributed by atoms with Crippen LogP contribution in [0.4, 0.5) is 0 Å². The molecule has 4 nitrogen and oxygen atoms in total. The molecule has 0 heterocycles. The highest BCUT2D eigenvalue weighted by Crippen LogP contribution is 2.34. The highest BCUT2D eigenvalue weighted by Gasteiger charge is 2.47. The Kier molecular flexibility index (Phi) is 8.10. The molecular weight excluding hydrogens is 268 g/mol. The van der Waals surface area contributed by atoms with Gasteiger partial charge in [0.25, 0.3) is 0 Å². The standard InChI is InChI=1S/C17H24O4/c1-7-9-14(4)12-17(15(18)20-5,16(19)21-6)11-8-10-13(2)3/h7-9H,1,11-12H2,2-6H3/b14-9+. The van der Waals surface area contributed by atoms with Crippen LogP contribution in [0.1, 0.15) is 33.6 Å². The monoisotopic (exact) mass is 292 g/mol. The SMILES string of the molecule is C=C/C=C(\C)CC(CC=C=C(C)C)(C(=O)OC)C(=O)OC. The Labute approximate surface area is 126 Å². The molecule has 0 N–H and O–H groups in total. The second-order valence-electron chi connectivity index (χ2n) is 5.04. The predicted molar refractivity (Wildman–Crippen MR) is 82.6 cm³/mol. The summed E-state index contributed by atoms with van der Waals surface area (Å²) >= 11 is 0. The Morgan fingerprint density at radius 3 is 2.05 bits per heavy atom. The van der Waals surface area contributed by atoms with Crippen LogP contribution < -0.4 is 0 Å². The Balaban J connectivity index is 5.80. The van der Waals surface area contributed by atoms with Crippen LogP contribution in [0, 0.1) is 5.41 Å². The van der Waals surface area contributed by atoms with E-state index in [9.17, 15) is 9.59 Å². The maximum atomic E-state index is 12.2. The molecule has 4 heteroatoms. The zero-order valence-electron chi connectivity index (χ0n) is 13.5. The van der Waals surface area contributed by atoms with Crippen molar-refractivity contribution in [3.8, 4) is 0 Å². The second kappa shape index (κ2) is 8.98. The third kappa shape index (κ3) is 5.44. The Morgan fingerprint density at radius 1 is 1.14 bits per heavy atom. The molecule has 0 unspecified atom stereocenters. The first kappa shape index (κ1) is 18.9. The average Bonchev–Trinajstić information content (AvgIpc) is 2.44. The van der Waals surface area contributed by atoms with E-state index in [4.69, 9.17) is 9.47 Å². The number of hydrogen-bond donors (Lipinski definition) is 0. The third-order valence-electron chi connectivity index (χ3n) is 2.98. The van der Waals surface area contributed by atoms with E-state index >= 15 is 0 Å². The van der Waals surface area contributed by atoms with Crippen LogP contribution in [0.25, 0.3) is 0 Å². The molecule has 0 saturated carbocycles. The minimum absolute atomic E-state index is 0.167. The van der Waals surface area contributed by atoms with Crippen LogP contribution in [0.3, 0.4) is 0 Å². The van der Waals surface area contributed by atoms with Crippen LogP contribution in [-0.2, 0) is 19.1 Å². The smallest absolute Gasteiger partial charge is 0.323 e. The van der Waals surface area contributed by atoms with Crippen LogP contribution in [-0.4, -0.2) is 26.2 Å². The summed E-state index contributed by atoms with van der Waals surface area (Å²) in [6.07, 6.45) is 5.41. The fraction of sp³-hybridized carbons (Fsp3) is 0.471. The first-order chi connectivity index (χ1) is 9.83. The molecular formula is C17H24O4. The van der Waals surface area contributed by atoms with Crippen LogP contribution in [0.15, 0.2) is 41.7 Å². The lowest BCUT2D eigenvalue weighted by Crippen LogP contribution is -2.41. The van der Waals surface area contributed by atoms with E-state index in [0.29, 0.717) is 0 Å². The largest absolute Gasteiger partial charge is 0.468 e. The van der Waals surface area contributed by atoms with E-state index in [-0.39, 0.29) is 12.8 Å². The summed E-state index contributed by atoms with van der Waals surface area (Å²) in [6, 6.07) is 0. The number of carbonyl (C=O) groups is 2. The van der Waals surface area contributed by atoms with Gasteiger partial charge in [0.15, 0.2) is 5.41 Å². The van der Waals surface area contributed by atoms with Crippen molar-refractivity contribution < 1.29 is 19.1 Å². The van der Waals surface area contributed by atoms with Crippen LogP contribution in [0.2, 0.25) is 0 Å². The van der Waals surface area contributed by atoms with E-state index in [2.05, 4.69) is 12.3 Å². The third-order valence-corrected chi connectivity index (χ3v) is 2.98. The number of hydrogen-bond acceptors (Lipinski definition) is 4. The van der Waals surface area contributed by atoms with E-state index in [1.807, 2.05) is 20.8 Å². The van der Waals surface area contributed by atoms with E-state index in [1.165, 1.54) is 14.2 Å². The van der Waals surface area contributed by atoms with E-state index in [0.717, 1.165) is 11.1 Å². The van der Waals surface area contributed by atoms with E-state index < -0.39 is 17.4 Å². The van der Waals surface area contributed by atoms with Gasteiger partial charge in [-0.2, -0.15) is 0 Å². The molecule has 0 aromatic rings. The molecule has 21 heavy (non-hydrogen) atoms. The summed E-state index contributed by atoms with van der Waals surface area (Å²) in [4.78, 5) is 24.4. The lowest BCUT2D eigenvalue weighted by Gasteiger charge is -2.27. The van der Waals surface area contributed by atoms with E-state index in [1.54, 1.807) is 18.2 Å². The molecule has 0 atom stereocenters. The lowest BCUT2D eigenvalue weighted by molar-refractivity contribution is -0.168. The van der Waals surface area contributed by atoms with Gasteiger partial charge in [0.05, 0.1) is 14.2 Å². The molecule has 0 rings (SSSR count). The molecule has 0 aliphatic rings. The molecule has 0 amide bonds. The number of carbonyl (C=O) groups excluding carboxylic acids is 2. The van der Waals surface area contributed by atoms with Gasteiger partial charge in [-0.05, 0) is 45.3 Å². The maximum absolute atomic E-state index is 12.2. The molecule has 0 fully saturated rings. The van der Waals surface area contributed by atoms with Crippen molar-refractivity contribution in [3.63, 3.8) is 0 Å². The predicted octanol–water partition coefficient (Wildman–Crippen LogP) is 3.35. The zero-order chi connectivity index (χ0) is 16.5. The minimum atomic E-state index is -1.39. The average molecular weight is 292 g/mol. The summed E-state index contributed by atoms with van der Waals surface area (Å²) in [6.45, 7) is 9.21. The molecule has 0 saturated heterocycles. The highest BCUT2D eigenvalue weighted by molar-refractivity contribution is 6.00. The number of methoxy groups -OCH3 is 2. The minimum Gasteiger partial charge on any atom is -0.468 e. The number of allylic oxidation sites excluding steroid dienone is 4. The first-order valence-corrected chi connectivity index (χ1v) is 6.67. The number of esters is 2. The molecule has 0 bridgehead atoms. The Hall–Kier alpha value is -2.06. The van der Waals surface area contributed by atoms with Gasteiger partial charge < -0.3 is 9.47 Å². The molecule has 0 aromatic carbocycles. The van der Waals surface area contributed by atoms with Gasteiger partial charge >= 0.3 is 11.9 Å². The van der Waals surface area contributed by atoms with Crippen molar-refractivity contribution in [2.75, 3.05) is 14.2 Å². The fourth-order valence-corrected chi connectivity index (χ4v) is 2.02. The second-order valence-corrected chi connectivity index (χ2v) is 5.04. The summed E-state index contributed by atoms with van der Waals surface area (Å²) in [5, 5.41) is 0. The highest BCUT2D eigenvalue weighted by atomic mass is 16.5. The van der Waals surface area contributed by atoms with Gasteiger partial charge in [0.2, 0.25) is 0 Å². The molecule has 0 radical (unpaired) electrons. The van der Waals surface area contributed by atoms with Gasteiger partial charge in [-0.25, -0.2) is 0 Å². The number of rotatable bonds is 7. The molecule has 0 aliphatic carbocycles. The Bertz CT molecular complexity index is 471. The quantitative estimate of drug-likeness (QED) is 0.312. The van der Waals surface area contributed by atoms with Crippen molar-refractivity contribution >= 4 is 11.9 Å². The first-order valence-electron chi connectivity index (χ1n) is 6.67. The van der Waals surface area contributed by atoms with Crippen molar-refractivity contribution in [1.29, 1.82) is 0 Å².